The number of halogens is 5. The first kappa shape index (κ1) is 29.4. The van der Waals surface area contributed by atoms with Crippen molar-refractivity contribution in [2.75, 3.05) is 6.54 Å². The Labute approximate surface area is 224 Å². The van der Waals surface area contributed by atoms with Gasteiger partial charge in [0.1, 0.15) is 5.60 Å². The van der Waals surface area contributed by atoms with Gasteiger partial charge in [0.05, 0.1) is 30.6 Å². The number of nitrogens with two attached hydrogens (primary N) is 1. The van der Waals surface area contributed by atoms with Gasteiger partial charge < -0.3 is 21.1 Å². The van der Waals surface area contributed by atoms with Crippen molar-refractivity contribution in [3.63, 3.8) is 0 Å². The van der Waals surface area contributed by atoms with E-state index in [9.17, 15) is 26.7 Å². The van der Waals surface area contributed by atoms with Crippen molar-refractivity contribution < 1.29 is 31.5 Å². The molecule has 0 aliphatic heterocycles. The van der Waals surface area contributed by atoms with Crippen LogP contribution in [0.25, 0.3) is 5.65 Å². The molecule has 0 unspecified atom stereocenters. The highest BCUT2D eigenvalue weighted by Gasteiger charge is 2.40. The molecule has 2 aliphatic rings. The highest BCUT2D eigenvalue weighted by Crippen LogP contribution is 2.42. The average molecular weight is 561 g/mol. The zero-order valence-electron chi connectivity index (χ0n) is 22.4. The zero-order chi connectivity index (χ0) is 28.6. The molecule has 13 heteroatoms. The largest absolute Gasteiger partial charge is 0.444 e. The van der Waals surface area contributed by atoms with Crippen molar-refractivity contribution in [2.24, 2.45) is 17.6 Å². The third-order valence-electron chi connectivity index (χ3n) is 7.13. The van der Waals surface area contributed by atoms with Crippen molar-refractivity contribution >= 4 is 11.7 Å². The van der Waals surface area contributed by atoms with Crippen LogP contribution in [0.3, 0.4) is 0 Å². The number of rotatable bonds is 9. The lowest BCUT2D eigenvalue weighted by atomic mass is 9.81. The average Bonchev–Trinajstić information content (AvgIpc) is 3.53. The Morgan fingerprint density at radius 3 is 2.38 bits per heavy atom. The lowest BCUT2D eigenvalue weighted by molar-refractivity contribution is -0.138. The van der Waals surface area contributed by atoms with Crippen molar-refractivity contribution in [2.45, 2.75) is 102 Å². The third-order valence-corrected chi connectivity index (χ3v) is 7.13. The molecule has 2 aromatic heterocycles. The number of nitrogens with one attached hydrogen (secondary N) is 2. The number of imidazole rings is 1. The van der Waals surface area contributed by atoms with Gasteiger partial charge in [-0.25, -0.2) is 23.1 Å². The molecule has 218 valence electrons. The lowest BCUT2D eigenvalue weighted by Gasteiger charge is -2.33. The van der Waals surface area contributed by atoms with E-state index in [1.54, 1.807) is 43.7 Å². The van der Waals surface area contributed by atoms with Crippen LogP contribution < -0.4 is 16.4 Å². The van der Waals surface area contributed by atoms with Gasteiger partial charge in [0.15, 0.2) is 5.65 Å². The number of hydrogen-bond acceptors (Lipinski definition) is 6. The Morgan fingerprint density at radius 2 is 1.79 bits per heavy atom. The van der Waals surface area contributed by atoms with E-state index in [-0.39, 0.29) is 50.1 Å². The highest BCUT2D eigenvalue weighted by atomic mass is 19.4. The van der Waals surface area contributed by atoms with Crippen LogP contribution in [0.4, 0.5) is 26.7 Å². The molecule has 0 radical (unpaired) electrons. The van der Waals surface area contributed by atoms with Crippen molar-refractivity contribution in [1.29, 1.82) is 0 Å². The van der Waals surface area contributed by atoms with E-state index in [0.717, 1.165) is 18.4 Å². The van der Waals surface area contributed by atoms with Gasteiger partial charge in [-0.2, -0.15) is 18.3 Å². The maximum absolute atomic E-state index is 13.9. The number of aromatic nitrogens is 3. The van der Waals surface area contributed by atoms with Crippen LogP contribution in [0, 0.1) is 11.8 Å². The number of carbonyl (C=O) groups excluding carboxylic acids is 1. The topological polar surface area (TPSA) is 107 Å². The Bertz CT molecular complexity index is 1130. The summed E-state index contributed by atoms with van der Waals surface area (Å²) in [4.78, 5) is 17.3. The molecule has 4 N–H and O–H groups in total. The SMILES string of the molecule is CC(C)(C)OC(=O)N[C@H](c1cn2ncc([C@H](NC[C@@H](N)CC(F)(F)F)C3CC3)cc2n1)C1CCC(F)(F)CC1. The van der Waals surface area contributed by atoms with E-state index in [1.807, 2.05) is 0 Å². The summed E-state index contributed by atoms with van der Waals surface area (Å²) in [5.41, 5.74) is 6.68. The minimum atomic E-state index is -4.33. The summed E-state index contributed by atoms with van der Waals surface area (Å²) in [5.74, 6) is -2.74. The molecular weight excluding hydrogens is 523 g/mol. The number of carbonyl (C=O) groups is 1. The monoisotopic (exact) mass is 560 g/mol. The maximum Gasteiger partial charge on any atom is 0.408 e. The summed E-state index contributed by atoms with van der Waals surface area (Å²) < 4.78 is 72.8. The van der Waals surface area contributed by atoms with E-state index in [0.29, 0.717) is 11.3 Å². The first-order chi connectivity index (χ1) is 18.1. The molecule has 39 heavy (non-hydrogen) atoms. The van der Waals surface area contributed by atoms with Crippen molar-refractivity contribution in [3.05, 3.63) is 29.7 Å². The molecule has 0 bridgehead atoms. The van der Waals surface area contributed by atoms with Crippen LogP contribution >= 0.6 is 0 Å². The Morgan fingerprint density at radius 1 is 1.15 bits per heavy atom. The van der Waals surface area contributed by atoms with Gasteiger partial charge in [0, 0.05) is 31.5 Å². The van der Waals surface area contributed by atoms with Crippen LogP contribution in [0.2, 0.25) is 0 Å². The normalized spacial score (nSPS) is 20.9. The van der Waals surface area contributed by atoms with Crippen LogP contribution in [0.1, 0.15) is 89.1 Å². The standard InChI is InChI=1S/C26H37F5N6O2/c1-24(2,3)39-23(38)36-22(16-6-8-25(27,28)9-7-16)19-14-37-20(35-19)10-17(12-34-37)21(15-4-5-15)33-13-18(32)11-26(29,30)31/h10,12,14-16,18,21-22,33H,4-9,11,13,32H2,1-3H3,(H,36,38)/t18-,21+,22-/m0/s1. The molecule has 0 aromatic carbocycles. The van der Waals surface area contributed by atoms with E-state index in [4.69, 9.17) is 10.5 Å². The molecule has 2 aliphatic carbocycles. The number of amides is 1. The smallest absolute Gasteiger partial charge is 0.408 e. The predicted octanol–water partition coefficient (Wildman–Crippen LogP) is 5.44. The van der Waals surface area contributed by atoms with E-state index in [1.165, 1.54) is 0 Å². The van der Waals surface area contributed by atoms with Crippen LogP contribution in [-0.4, -0.2) is 51.0 Å². The first-order valence-electron chi connectivity index (χ1n) is 13.4. The number of fused-ring (bicyclic) bond motifs is 1. The minimum absolute atomic E-state index is 0.000254. The molecule has 2 aromatic rings. The second-order valence-electron chi connectivity index (χ2n) is 11.9. The molecule has 3 atom stereocenters. The van der Waals surface area contributed by atoms with Crippen molar-refractivity contribution in [3.8, 4) is 0 Å². The summed E-state index contributed by atoms with van der Waals surface area (Å²) in [6.45, 7) is 5.21. The molecule has 2 saturated carbocycles. The number of alkyl halides is 5. The fourth-order valence-electron chi connectivity index (χ4n) is 5.13. The summed E-state index contributed by atoms with van der Waals surface area (Å²) in [6, 6.07) is -0.137. The number of alkyl carbamates (subject to hydrolysis) is 1. The Kier molecular flexibility index (Phi) is 8.42. The van der Waals surface area contributed by atoms with Gasteiger partial charge in [0.2, 0.25) is 5.92 Å². The maximum atomic E-state index is 13.9. The fraction of sp³-hybridized carbons (Fsp3) is 0.731. The van der Waals surface area contributed by atoms with Gasteiger partial charge in [0.25, 0.3) is 0 Å². The van der Waals surface area contributed by atoms with Gasteiger partial charge in [-0.15, -0.1) is 0 Å². The van der Waals surface area contributed by atoms with Gasteiger partial charge in [-0.3, -0.25) is 0 Å². The zero-order valence-corrected chi connectivity index (χ0v) is 22.4. The van der Waals surface area contributed by atoms with E-state index in [2.05, 4.69) is 20.7 Å². The summed E-state index contributed by atoms with van der Waals surface area (Å²) in [6.07, 6.45) is -1.01. The molecule has 0 saturated heterocycles. The third kappa shape index (κ3) is 8.47. The molecule has 4 rings (SSSR count). The van der Waals surface area contributed by atoms with E-state index < -0.39 is 42.3 Å². The van der Waals surface area contributed by atoms with Crippen molar-refractivity contribution in [1.82, 2.24) is 25.2 Å². The first-order valence-corrected chi connectivity index (χ1v) is 13.4. The van der Waals surface area contributed by atoms with Gasteiger partial charge >= 0.3 is 12.3 Å². The molecule has 0 spiro atoms. The summed E-state index contributed by atoms with van der Waals surface area (Å²) >= 11 is 0. The number of nitrogens with zero attached hydrogens (tertiary/aromatic N) is 3. The summed E-state index contributed by atoms with van der Waals surface area (Å²) in [5, 5.41) is 10.5. The minimum Gasteiger partial charge on any atom is -0.444 e. The second kappa shape index (κ2) is 11.1. The quantitative estimate of drug-likeness (QED) is 0.353. The molecule has 2 heterocycles. The molecule has 2 fully saturated rings. The van der Waals surface area contributed by atoms with Crippen LogP contribution in [0.15, 0.2) is 18.5 Å². The second-order valence-corrected chi connectivity index (χ2v) is 11.9. The highest BCUT2D eigenvalue weighted by molar-refractivity contribution is 5.68. The van der Waals surface area contributed by atoms with Crippen LogP contribution in [-0.2, 0) is 4.74 Å². The molecule has 1 amide bonds. The van der Waals surface area contributed by atoms with Crippen LogP contribution in [0.5, 0.6) is 0 Å². The lowest BCUT2D eigenvalue weighted by Crippen LogP contribution is -2.40. The van der Waals surface area contributed by atoms with E-state index >= 15 is 0 Å². The molecular formula is C26H37F5N6O2. The fourth-order valence-corrected chi connectivity index (χ4v) is 5.13. The number of ether oxygens (including phenoxy) is 1. The van der Waals surface area contributed by atoms with Gasteiger partial charge in [-0.05, 0) is 69.9 Å². The van der Waals surface area contributed by atoms with Gasteiger partial charge in [-0.1, -0.05) is 0 Å². The summed E-state index contributed by atoms with van der Waals surface area (Å²) in [7, 11) is 0. The number of hydrogen-bond donors (Lipinski definition) is 3. The Hall–Kier alpha value is -2.54. The molecule has 8 nitrogen and oxygen atoms in total. The predicted molar refractivity (Wildman–Crippen MR) is 134 cm³/mol. The Balaban J connectivity index is 1.55.